The molecule has 0 spiro atoms. The molecule has 0 saturated heterocycles. The minimum Gasteiger partial charge on any atom is -0.338 e. The molecule has 0 aromatic heterocycles. The fraction of sp³-hybridized carbons (Fsp3) is 0.526. The lowest BCUT2D eigenvalue weighted by molar-refractivity contribution is 0.240. The number of halogens is 1. The lowest BCUT2D eigenvalue weighted by Crippen LogP contribution is -2.40. The number of hydrogen-bond donors (Lipinski definition) is 2. The van der Waals surface area contributed by atoms with Crippen molar-refractivity contribution in [3.63, 3.8) is 0 Å². The van der Waals surface area contributed by atoms with E-state index in [4.69, 9.17) is 0 Å². The molecule has 0 aliphatic heterocycles. The summed E-state index contributed by atoms with van der Waals surface area (Å²) >= 11 is 0. The fourth-order valence-corrected chi connectivity index (χ4v) is 3.30. The molecule has 1 fully saturated rings. The van der Waals surface area contributed by atoms with E-state index in [-0.39, 0.29) is 17.3 Å². The largest absolute Gasteiger partial charge is 0.338 e. The van der Waals surface area contributed by atoms with E-state index in [1.807, 2.05) is 12.1 Å². The number of nitrogens with one attached hydrogen (secondary N) is 2. The van der Waals surface area contributed by atoms with Gasteiger partial charge in [-0.05, 0) is 62.6 Å². The molecular formula is C19H25FN2O. The van der Waals surface area contributed by atoms with Crippen molar-refractivity contribution in [3.8, 4) is 0 Å². The molecule has 2 amide bonds. The number of amides is 2. The Kier molecular flexibility index (Phi) is 4.99. The van der Waals surface area contributed by atoms with Crippen molar-refractivity contribution in [1.29, 1.82) is 0 Å². The van der Waals surface area contributed by atoms with E-state index < -0.39 is 0 Å². The maximum Gasteiger partial charge on any atom is 0.314 e. The molecule has 23 heavy (non-hydrogen) atoms. The molecule has 2 N–H and O–H groups in total. The molecule has 1 aromatic rings. The summed E-state index contributed by atoms with van der Waals surface area (Å²) in [7, 11) is 0. The van der Waals surface area contributed by atoms with Crippen LogP contribution in [0.15, 0.2) is 35.9 Å². The van der Waals surface area contributed by atoms with Crippen molar-refractivity contribution < 1.29 is 9.18 Å². The SMILES string of the molecule is O=C(NCCC1=CCCCC1)NCC1(c2ccc(F)cc2)CC1. The van der Waals surface area contributed by atoms with E-state index in [1.54, 1.807) is 0 Å². The minimum atomic E-state index is -0.215. The zero-order valence-electron chi connectivity index (χ0n) is 13.5. The van der Waals surface area contributed by atoms with Crippen LogP contribution in [-0.2, 0) is 5.41 Å². The number of benzene rings is 1. The molecule has 0 heterocycles. The zero-order chi connectivity index (χ0) is 16.1. The first-order valence-corrected chi connectivity index (χ1v) is 8.64. The van der Waals surface area contributed by atoms with Crippen molar-refractivity contribution in [2.45, 2.75) is 50.4 Å². The molecular weight excluding hydrogens is 291 g/mol. The zero-order valence-corrected chi connectivity index (χ0v) is 13.5. The second-order valence-electron chi connectivity index (χ2n) is 6.75. The summed E-state index contributed by atoms with van der Waals surface area (Å²) in [4.78, 5) is 11.9. The van der Waals surface area contributed by atoms with Crippen LogP contribution < -0.4 is 10.6 Å². The van der Waals surface area contributed by atoms with Crippen LogP contribution in [0.3, 0.4) is 0 Å². The van der Waals surface area contributed by atoms with Crippen LogP contribution in [-0.4, -0.2) is 19.1 Å². The highest BCUT2D eigenvalue weighted by Crippen LogP contribution is 2.47. The second-order valence-corrected chi connectivity index (χ2v) is 6.75. The van der Waals surface area contributed by atoms with Gasteiger partial charge in [0.1, 0.15) is 5.82 Å². The highest BCUT2D eigenvalue weighted by molar-refractivity contribution is 5.74. The van der Waals surface area contributed by atoms with Crippen LogP contribution in [0.2, 0.25) is 0 Å². The van der Waals surface area contributed by atoms with Gasteiger partial charge in [0.2, 0.25) is 0 Å². The monoisotopic (exact) mass is 316 g/mol. The molecule has 0 bridgehead atoms. The van der Waals surface area contributed by atoms with Gasteiger partial charge in [-0.1, -0.05) is 23.8 Å². The maximum absolute atomic E-state index is 13.0. The Balaban J connectivity index is 1.40. The van der Waals surface area contributed by atoms with Gasteiger partial charge in [0.05, 0.1) is 0 Å². The maximum atomic E-state index is 13.0. The Morgan fingerprint density at radius 1 is 1.13 bits per heavy atom. The quantitative estimate of drug-likeness (QED) is 0.764. The van der Waals surface area contributed by atoms with Crippen LogP contribution >= 0.6 is 0 Å². The summed E-state index contributed by atoms with van der Waals surface area (Å²) in [5.74, 6) is -0.215. The van der Waals surface area contributed by atoms with E-state index in [2.05, 4.69) is 16.7 Å². The number of urea groups is 1. The van der Waals surface area contributed by atoms with Crippen molar-refractivity contribution in [3.05, 3.63) is 47.3 Å². The number of carbonyl (C=O) groups excluding carboxylic acids is 1. The topological polar surface area (TPSA) is 41.1 Å². The van der Waals surface area contributed by atoms with Crippen molar-refractivity contribution in [2.75, 3.05) is 13.1 Å². The van der Waals surface area contributed by atoms with Crippen molar-refractivity contribution in [2.24, 2.45) is 0 Å². The summed E-state index contributed by atoms with van der Waals surface area (Å²) in [5.41, 5.74) is 2.60. The van der Waals surface area contributed by atoms with E-state index in [0.717, 1.165) is 24.8 Å². The van der Waals surface area contributed by atoms with Gasteiger partial charge < -0.3 is 10.6 Å². The number of hydrogen-bond acceptors (Lipinski definition) is 1. The minimum absolute atomic E-state index is 0.0109. The third-order valence-electron chi connectivity index (χ3n) is 5.01. The summed E-state index contributed by atoms with van der Waals surface area (Å²) in [6, 6.07) is 6.55. The summed E-state index contributed by atoms with van der Waals surface area (Å²) in [6.45, 7) is 1.31. The van der Waals surface area contributed by atoms with Gasteiger partial charge >= 0.3 is 6.03 Å². The second kappa shape index (κ2) is 7.16. The fourth-order valence-electron chi connectivity index (χ4n) is 3.30. The molecule has 124 valence electrons. The van der Waals surface area contributed by atoms with Gasteiger partial charge in [0, 0.05) is 18.5 Å². The third-order valence-corrected chi connectivity index (χ3v) is 5.01. The van der Waals surface area contributed by atoms with Gasteiger partial charge in [-0.2, -0.15) is 0 Å². The number of allylic oxidation sites excluding steroid dienone is 1. The van der Waals surface area contributed by atoms with Crippen LogP contribution in [0.4, 0.5) is 9.18 Å². The molecule has 2 aliphatic rings. The predicted molar refractivity (Wildman–Crippen MR) is 89.9 cm³/mol. The van der Waals surface area contributed by atoms with Crippen LogP contribution in [0, 0.1) is 5.82 Å². The molecule has 1 aromatic carbocycles. The standard InChI is InChI=1S/C19H25FN2O/c20-17-8-6-16(7-9-17)19(11-12-19)14-22-18(23)21-13-10-15-4-2-1-3-5-15/h4,6-9H,1-3,5,10-14H2,(H2,21,22,23). The Labute approximate surface area is 137 Å². The van der Waals surface area contributed by atoms with Gasteiger partial charge in [0.25, 0.3) is 0 Å². The first-order valence-electron chi connectivity index (χ1n) is 8.64. The van der Waals surface area contributed by atoms with Gasteiger partial charge in [0.15, 0.2) is 0 Å². The number of rotatable bonds is 6. The molecule has 2 aliphatic carbocycles. The Hall–Kier alpha value is -1.84. The summed E-state index contributed by atoms with van der Waals surface area (Å²) in [5, 5.41) is 5.91. The molecule has 4 heteroatoms. The first-order chi connectivity index (χ1) is 11.2. The van der Waals surface area contributed by atoms with E-state index in [1.165, 1.54) is 43.4 Å². The van der Waals surface area contributed by atoms with Gasteiger partial charge in [-0.3, -0.25) is 0 Å². The van der Waals surface area contributed by atoms with Gasteiger partial charge in [-0.15, -0.1) is 0 Å². The third kappa shape index (κ3) is 4.34. The van der Waals surface area contributed by atoms with E-state index >= 15 is 0 Å². The molecule has 0 unspecified atom stereocenters. The average Bonchev–Trinajstić information content (AvgIpc) is 3.36. The van der Waals surface area contributed by atoms with Crippen LogP contribution in [0.1, 0.15) is 50.5 Å². The van der Waals surface area contributed by atoms with E-state index in [0.29, 0.717) is 13.1 Å². The lowest BCUT2D eigenvalue weighted by Gasteiger charge is -2.17. The molecule has 0 radical (unpaired) electrons. The average molecular weight is 316 g/mol. The Morgan fingerprint density at radius 2 is 1.91 bits per heavy atom. The Bertz CT molecular complexity index is 576. The first kappa shape index (κ1) is 16.0. The molecule has 3 rings (SSSR count). The van der Waals surface area contributed by atoms with Crippen LogP contribution in [0.25, 0.3) is 0 Å². The Morgan fingerprint density at radius 3 is 2.57 bits per heavy atom. The van der Waals surface area contributed by atoms with Crippen molar-refractivity contribution >= 4 is 6.03 Å². The van der Waals surface area contributed by atoms with Crippen LogP contribution in [0.5, 0.6) is 0 Å². The number of carbonyl (C=O) groups is 1. The molecule has 3 nitrogen and oxygen atoms in total. The summed E-state index contributed by atoms with van der Waals surface area (Å²) < 4.78 is 13.0. The highest BCUT2D eigenvalue weighted by atomic mass is 19.1. The highest BCUT2D eigenvalue weighted by Gasteiger charge is 2.44. The van der Waals surface area contributed by atoms with Gasteiger partial charge in [-0.25, -0.2) is 9.18 Å². The lowest BCUT2D eigenvalue weighted by atomic mass is 9.96. The van der Waals surface area contributed by atoms with Crippen molar-refractivity contribution in [1.82, 2.24) is 10.6 Å². The summed E-state index contributed by atoms with van der Waals surface area (Å²) in [6.07, 6.45) is 10.3. The smallest absolute Gasteiger partial charge is 0.314 e. The molecule has 1 saturated carbocycles. The predicted octanol–water partition coefficient (Wildman–Crippen LogP) is 4.05. The molecule has 0 atom stereocenters. The normalized spacial score (nSPS) is 18.9. The van der Waals surface area contributed by atoms with E-state index in [9.17, 15) is 9.18 Å².